The van der Waals surface area contributed by atoms with Crippen LogP contribution in [0.15, 0.2) is 42.0 Å². The van der Waals surface area contributed by atoms with Gasteiger partial charge in [0.2, 0.25) is 10.0 Å². The predicted molar refractivity (Wildman–Crippen MR) is 68.9 cm³/mol. The summed E-state index contributed by atoms with van der Waals surface area (Å²) in [4.78, 5) is 0.136. The molecule has 1 N–H and O–H groups in total. The first-order valence-corrected chi connectivity index (χ1v) is 6.95. The van der Waals surface area contributed by atoms with Crippen molar-refractivity contribution in [1.29, 1.82) is 0 Å². The summed E-state index contributed by atoms with van der Waals surface area (Å²) in [6, 6.07) is 6.48. The number of para-hydroxylation sites is 1. The highest BCUT2D eigenvalue weighted by molar-refractivity contribution is 7.89. The van der Waals surface area contributed by atoms with E-state index in [1.54, 1.807) is 18.2 Å². The van der Waals surface area contributed by atoms with Gasteiger partial charge in [0, 0.05) is 6.54 Å². The molecule has 18 heavy (non-hydrogen) atoms. The number of methoxy groups -OCH3 is 1. The highest BCUT2D eigenvalue weighted by Gasteiger charge is 2.17. The minimum atomic E-state index is -3.55. The molecule has 0 saturated heterocycles. The van der Waals surface area contributed by atoms with Crippen LogP contribution < -0.4 is 9.46 Å². The molecule has 0 spiro atoms. The number of hydrogen-bond acceptors (Lipinski definition) is 4. The number of rotatable bonds is 8. The monoisotopic (exact) mass is 271 g/mol. The number of hydrogen-bond donors (Lipinski definition) is 1. The lowest BCUT2D eigenvalue weighted by atomic mass is 10.3. The molecule has 0 aromatic heterocycles. The Morgan fingerprint density at radius 3 is 2.78 bits per heavy atom. The molecule has 0 atom stereocenters. The molecule has 0 heterocycles. The van der Waals surface area contributed by atoms with E-state index < -0.39 is 10.0 Å². The van der Waals surface area contributed by atoms with E-state index in [0.29, 0.717) is 25.3 Å². The first-order valence-electron chi connectivity index (χ1n) is 5.47. The van der Waals surface area contributed by atoms with Crippen molar-refractivity contribution in [2.24, 2.45) is 0 Å². The Balaban J connectivity index is 2.65. The van der Waals surface area contributed by atoms with Gasteiger partial charge in [-0.15, -0.1) is 0 Å². The Kier molecular flexibility index (Phi) is 5.67. The maximum Gasteiger partial charge on any atom is 0.244 e. The van der Waals surface area contributed by atoms with Gasteiger partial charge in [0.1, 0.15) is 10.6 Å². The summed E-state index contributed by atoms with van der Waals surface area (Å²) < 4.78 is 36.4. The fourth-order valence-corrected chi connectivity index (χ4v) is 2.61. The lowest BCUT2D eigenvalue weighted by Crippen LogP contribution is -2.25. The van der Waals surface area contributed by atoms with E-state index in [0.717, 1.165) is 0 Å². The van der Waals surface area contributed by atoms with Crippen LogP contribution >= 0.6 is 0 Å². The van der Waals surface area contributed by atoms with Crippen LogP contribution in [0.1, 0.15) is 6.42 Å². The van der Waals surface area contributed by atoms with Crippen molar-refractivity contribution in [1.82, 2.24) is 4.72 Å². The zero-order valence-electron chi connectivity index (χ0n) is 10.3. The van der Waals surface area contributed by atoms with Crippen LogP contribution in [-0.4, -0.2) is 28.7 Å². The molecule has 6 heteroatoms. The fourth-order valence-electron chi connectivity index (χ4n) is 1.36. The molecule has 0 radical (unpaired) electrons. The Bertz CT molecular complexity index is 485. The van der Waals surface area contributed by atoms with Crippen LogP contribution in [0.2, 0.25) is 0 Å². The highest BCUT2D eigenvalue weighted by atomic mass is 32.2. The second-order valence-electron chi connectivity index (χ2n) is 3.44. The van der Waals surface area contributed by atoms with E-state index in [1.165, 1.54) is 19.4 Å². The van der Waals surface area contributed by atoms with Gasteiger partial charge in [0.25, 0.3) is 0 Å². The summed E-state index contributed by atoms with van der Waals surface area (Å²) >= 11 is 0. The van der Waals surface area contributed by atoms with Gasteiger partial charge in [-0.2, -0.15) is 0 Å². The normalized spacial score (nSPS) is 10.9. The third kappa shape index (κ3) is 4.05. The quantitative estimate of drug-likeness (QED) is 0.575. The third-order valence-corrected chi connectivity index (χ3v) is 3.71. The van der Waals surface area contributed by atoms with E-state index in [9.17, 15) is 8.42 Å². The summed E-state index contributed by atoms with van der Waals surface area (Å²) in [5.41, 5.74) is 0. The van der Waals surface area contributed by atoms with Gasteiger partial charge in [-0.05, 0) is 18.6 Å². The van der Waals surface area contributed by atoms with Crippen molar-refractivity contribution in [3.8, 4) is 5.75 Å². The summed E-state index contributed by atoms with van der Waals surface area (Å²) in [6.45, 7) is 4.13. The van der Waals surface area contributed by atoms with E-state index >= 15 is 0 Å². The molecule has 1 aromatic rings. The Labute approximate surface area is 107 Å². The maximum absolute atomic E-state index is 12.0. The van der Waals surface area contributed by atoms with E-state index in [-0.39, 0.29) is 4.90 Å². The molecule has 0 unspecified atom stereocenters. The third-order valence-electron chi connectivity index (χ3n) is 2.21. The number of benzene rings is 1. The van der Waals surface area contributed by atoms with Gasteiger partial charge in [-0.1, -0.05) is 18.7 Å². The summed E-state index contributed by atoms with van der Waals surface area (Å²) in [5, 5.41) is 0. The van der Waals surface area contributed by atoms with E-state index in [2.05, 4.69) is 11.3 Å². The van der Waals surface area contributed by atoms with Crippen molar-refractivity contribution in [2.75, 3.05) is 20.3 Å². The maximum atomic E-state index is 12.0. The molecule has 1 rings (SSSR count). The molecule has 100 valence electrons. The molecule has 0 aliphatic carbocycles. The van der Waals surface area contributed by atoms with Gasteiger partial charge < -0.3 is 9.47 Å². The number of ether oxygens (including phenoxy) is 2. The van der Waals surface area contributed by atoms with Crippen LogP contribution in [-0.2, 0) is 14.8 Å². The Hall–Kier alpha value is -1.53. The Morgan fingerprint density at radius 1 is 1.39 bits per heavy atom. The molecule has 5 nitrogen and oxygen atoms in total. The van der Waals surface area contributed by atoms with Crippen LogP contribution in [0.4, 0.5) is 0 Å². The molecular formula is C12H17NO4S. The average Bonchev–Trinajstić information content (AvgIpc) is 2.38. The highest BCUT2D eigenvalue weighted by Crippen LogP contribution is 2.22. The predicted octanol–water partition coefficient (Wildman–Crippen LogP) is 1.52. The van der Waals surface area contributed by atoms with Crippen molar-refractivity contribution in [3.63, 3.8) is 0 Å². The second-order valence-corrected chi connectivity index (χ2v) is 5.18. The largest absolute Gasteiger partial charge is 0.502 e. The van der Waals surface area contributed by atoms with Crippen LogP contribution in [0.5, 0.6) is 5.75 Å². The lowest BCUT2D eigenvalue weighted by molar-refractivity contribution is 0.247. The van der Waals surface area contributed by atoms with E-state index in [1.807, 2.05) is 0 Å². The van der Waals surface area contributed by atoms with Gasteiger partial charge in [0.15, 0.2) is 0 Å². The zero-order valence-corrected chi connectivity index (χ0v) is 11.1. The van der Waals surface area contributed by atoms with Crippen molar-refractivity contribution >= 4 is 10.0 Å². The number of nitrogens with one attached hydrogen (secondary N) is 1. The zero-order chi connectivity index (χ0) is 13.4. The minimum absolute atomic E-state index is 0.136. The van der Waals surface area contributed by atoms with Gasteiger partial charge in [-0.25, -0.2) is 13.1 Å². The lowest BCUT2D eigenvalue weighted by Gasteiger charge is -2.10. The minimum Gasteiger partial charge on any atom is -0.502 e. The molecule has 1 aromatic carbocycles. The van der Waals surface area contributed by atoms with Crippen LogP contribution in [0, 0.1) is 0 Å². The SMILES string of the molecule is C=COCCCNS(=O)(=O)c1ccccc1OC. The van der Waals surface area contributed by atoms with Gasteiger partial charge in [-0.3, -0.25) is 0 Å². The van der Waals surface area contributed by atoms with Crippen LogP contribution in [0.25, 0.3) is 0 Å². The Morgan fingerprint density at radius 2 is 2.11 bits per heavy atom. The summed E-state index contributed by atoms with van der Waals surface area (Å²) in [5.74, 6) is 0.326. The molecule has 0 aliphatic rings. The standard InChI is InChI=1S/C12H17NO4S/c1-3-17-10-6-9-13-18(14,15)12-8-5-4-7-11(12)16-2/h3-5,7-8,13H,1,6,9-10H2,2H3. The van der Waals surface area contributed by atoms with Crippen molar-refractivity contribution in [3.05, 3.63) is 37.1 Å². The van der Waals surface area contributed by atoms with Crippen molar-refractivity contribution in [2.45, 2.75) is 11.3 Å². The van der Waals surface area contributed by atoms with E-state index in [4.69, 9.17) is 9.47 Å². The van der Waals surface area contributed by atoms with Crippen molar-refractivity contribution < 1.29 is 17.9 Å². The first kappa shape index (κ1) is 14.5. The topological polar surface area (TPSA) is 64.6 Å². The van der Waals surface area contributed by atoms with Crippen LogP contribution in [0.3, 0.4) is 0 Å². The molecule has 0 bridgehead atoms. The molecular weight excluding hydrogens is 254 g/mol. The molecule has 0 amide bonds. The molecule has 0 fully saturated rings. The fraction of sp³-hybridized carbons (Fsp3) is 0.333. The number of sulfonamides is 1. The summed E-state index contributed by atoms with van der Waals surface area (Å²) in [6.07, 6.45) is 1.90. The smallest absolute Gasteiger partial charge is 0.244 e. The molecule has 0 aliphatic heterocycles. The average molecular weight is 271 g/mol. The van der Waals surface area contributed by atoms with Gasteiger partial charge >= 0.3 is 0 Å². The summed E-state index contributed by atoms with van der Waals surface area (Å²) in [7, 11) is -2.11. The van der Waals surface area contributed by atoms with Gasteiger partial charge in [0.05, 0.1) is 20.0 Å². The molecule has 0 saturated carbocycles. The first-order chi connectivity index (χ1) is 8.61. The second kappa shape index (κ2) is 7.03.